The number of hydrogen-bond acceptors (Lipinski definition) is 4. The van der Waals surface area contributed by atoms with Gasteiger partial charge < -0.3 is 20.5 Å². The van der Waals surface area contributed by atoms with Gasteiger partial charge in [0.1, 0.15) is 5.75 Å². The van der Waals surface area contributed by atoms with Gasteiger partial charge in [0, 0.05) is 24.9 Å². The number of carbonyl (C=O) groups excluding carboxylic acids is 1. The summed E-state index contributed by atoms with van der Waals surface area (Å²) in [7, 11) is 1.51. The fraction of sp³-hybridized carbons (Fsp3) is 0.500. The quantitative estimate of drug-likeness (QED) is 0.581. The Bertz CT molecular complexity index is 419. The zero-order valence-electron chi connectivity index (χ0n) is 11.7. The predicted octanol–water partition coefficient (Wildman–Crippen LogP) is 1.68. The van der Waals surface area contributed by atoms with Crippen molar-refractivity contribution >= 4 is 11.6 Å². The molecule has 0 aliphatic heterocycles. The minimum absolute atomic E-state index is 0.190. The average Bonchev–Trinajstić information content (AvgIpc) is 2.37. The molecular weight excluding hydrogens is 244 g/mol. The number of rotatable bonds is 7. The minimum Gasteiger partial charge on any atom is -0.496 e. The van der Waals surface area contributed by atoms with Crippen LogP contribution in [0.25, 0.3) is 0 Å². The molecule has 1 aromatic carbocycles. The average molecular weight is 266 g/mol. The van der Waals surface area contributed by atoms with Crippen LogP contribution in [-0.2, 0) is 4.74 Å². The molecule has 0 aromatic heterocycles. The minimum atomic E-state index is -0.190. The molecule has 106 valence electrons. The Morgan fingerprint density at radius 1 is 1.42 bits per heavy atom. The summed E-state index contributed by atoms with van der Waals surface area (Å²) in [5.74, 6) is 0.776. The van der Waals surface area contributed by atoms with Crippen molar-refractivity contribution in [3.63, 3.8) is 0 Å². The van der Waals surface area contributed by atoms with Crippen LogP contribution in [0, 0.1) is 5.92 Å². The molecule has 5 heteroatoms. The maximum Gasteiger partial charge on any atom is 0.255 e. The molecule has 0 heterocycles. The van der Waals surface area contributed by atoms with Crippen LogP contribution in [0.2, 0.25) is 0 Å². The van der Waals surface area contributed by atoms with Gasteiger partial charge in [-0.05, 0) is 18.1 Å². The Kier molecular flexibility index (Phi) is 6.15. The van der Waals surface area contributed by atoms with E-state index >= 15 is 0 Å². The molecule has 5 nitrogen and oxygen atoms in total. The molecule has 3 N–H and O–H groups in total. The zero-order chi connectivity index (χ0) is 14.3. The SMILES string of the molecule is COc1cc(N)ccc1C(=O)NCCOCC(C)C. The highest BCUT2D eigenvalue weighted by molar-refractivity contribution is 5.97. The van der Waals surface area contributed by atoms with E-state index in [9.17, 15) is 4.79 Å². The molecule has 0 atom stereocenters. The highest BCUT2D eigenvalue weighted by atomic mass is 16.5. The van der Waals surface area contributed by atoms with Crippen LogP contribution in [-0.4, -0.2) is 32.8 Å². The number of ether oxygens (including phenoxy) is 2. The molecule has 0 saturated carbocycles. The fourth-order valence-electron chi connectivity index (χ4n) is 1.55. The standard InChI is InChI=1S/C14H22N2O3/c1-10(2)9-19-7-6-16-14(17)12-5-4-11(15)8-13(12)18-3/h4-5,8,10H,6-7,9,15H2,1-3H3,(H,16,17). The lowest BCUT2D eigenvalue weighted by atomic mass is 10.1. The monoisotopic (exact) mass is 266 g/mol. The van der Waals surface area contributed by atoms with Crippen LogP contribution in [0.15, 0.2) is 18.2 Å². The van der Waals surface area contributed by atoms with Crippen molar-refractivity contribution in [1.29, 1.82) is 0 Å². The summed E-state index contributed by atoms with van der Waals surface area (Å²) in [5.41, 5.74) is 6.68. The van der Waals surface area contributed by atoms with Gasteiger partial charge in [0.2, 0.25) is 0 Å². The van der Waals surface area contributed by atoms with E-state index in [0.29, 0.717) is 42.7 Å². The Morgan fingerprint density at radius 2 is 2.16 bits per heavy atom. The molecular formula is C14H22N2O3. The third kappa shape index (κ3) is 5.18. The number of nitrogens with two attached hydrogens (primary N) is 1. The van der Waals surface area contributed by atoms with Gasteiger partial charge in [-0.1, -0.05) is 13.8 Å². The van der Waals surface area contributed by atoms with Gasteiger partial charge in [-0.15, -0.1) is 0 Å². The molecule has 0 aliphatic carbocycles. The molecule has 0 saturated heterocycles. The highest BCUT2D eigenvalue weighted by Gasteiger charge is 2.11. The first-order chi connectivity index (χ1) is 9.04. The second-order valence-electron chi connectivity index (χ2n) is 4.68. The summed E-state index contributed by atoms with van der Waals surface area (Å²) in [4.78, 5) is 11.9. The number of carbonyl (C=O) groups is 1. The smallest absolute Gasteiger partial charge is 0.255 e. The van der Waals surface area contributed by atoms with Crippen molar-refractivity contribution in [1.82, 2.24) is 5.32 Å². The van der Waals surface area contributed by atoms with Crippen molar-refractivity contribution < 1.29 is 14.3 Å². The molecule has 0 radical (unpaired) electrons. The second kappa shape index (κ2) is 7.63. The first-order valence-electron chi connectivity index (χ1n) is 6.34. The number of benzene rings is 1. The molecule has 1 aromatic rings. The van der Waals surface area contributed by atoms with Gasteiger partial charge in [0.25, 0.3) is 5.91 Å². The summed E-state index contributed by atoms with van der Waals surface area (Å²) >= 11 is 0. The van der Waals surface area contributed by atoms with E-state index < -0.39 is 0 Å². The van der Waals surface area contributed by atoms with E-state index in [1.165, 1.54) is 7.11 Å². The lowest BCUT2D eigenvalue weighted by Gasteiger charge is -2.11. The fourth-order valence-corrected chi connectivity index (χ4v) is 1.55. The topological polar surface area (TPSA) is 73.6 Å². The highest BCUT2D eigenvalue weighted by Crippen LogP contribution is 2.21. The summed E-state index contributed by atoms with van der Waals surface area (Å²) in [6.45, 7) is 5.83. The molecule has 0 fully saturated rings. The van der Waals surface area contributed by atoms with E-state index in [1.54, 1.807) is 18.2 Å². The second-order valence-corrected chi connectivity index (χ2v) is 4.68. The predicted molar refractivity (Wildman–Crippen MR) is 75.4 cm³/mol. The number of anilines is 1. The third-order valence-corrected chi connectivity index (χ3v) is 2.45. The van der Waals surface area contributed by atoms with E-state index in [4.69, 9.17) is 15.2 Å². The van der Waals surface area contributed by atoms with Crippen molar-refractivity contribution in [2.75, 3.05) is 32.6 Å². The van der Waals surface area contributed by atoms with E-state index in [1.807, 2.05) is 0 Å². The van der Waals surface area contributed by atoms with Crippen molar-refractivity contribution in [3.8, 4) is 5.75 Å². The first-order valence-corrected chi connectivity index (χ1v) is 6.34. The van der Waals surface area contributed by atoms with Crippen LogP contribution < -0.4 is 15.8 Å². The number of hydrogen-bond donors (Lipinski definition) is 2. The molecule has 0 bridgehead atoms. The van der Waals surface area contributed by atoms with E-state index in [-0.39, 0.29) is 5.91 Å². The number of methoxy groups -OCH3 is 1. The van der Waals surface area contributed by atoms with Crippen LogP contribution in [0.4, 0.5) is 5.69 Å². The van der Waals surface area contributed by atoms with Crippen LogP contribution >= 0.6 is 0 Å². The van der Waals surface area contributed by atoms with Crippen molar-refractivity contribution in [2.45, 2.75) is 13.8 Å². The normalized spacial score (nSPS) is 10.5. The van der Waals surface area contributed by atoms with Crippen molar-refractivity contribution in [2.24, 2.45) is 5.92 Å². The van der Waals surface area contributed by atoms with Crippen LogP contribution in [0.3, 0.4) is 0 Å². The first kappa shape index (κ1) is 15.3. The zero-order valence-corrected chi connectivity index (χ0v) is 11.7. The maximum absolute atomic E-state index is 11.9. The number of amides is 1. The maximum atomic E-state index is 11.9. The summed E-state index contributed by atoms with van der Waals surface area (Å²) in [5, 5.41) is 2.78. The Morgan fingerprint density at radius 3 is 2.79 bits per heavy atom. The molecule has 1 rings (SSSR count). The Balaban J connectivity index is 2.45. The van der Waals surface area contributed by atoms with Gasteiger partial charge in [-0.25, -0.2) is 0 Å². The van der Waals surface area contributed by atoms with Crippen LogP contribution in [0.5, 0.6) is 5.75 Å². The molecule has 1 amide bonds. The van der Waals surface area contributed by atoms with Gasteiger partial charge in [0.15, 0.2) is 0 Å². The third-order valence-electron chi connectivity index (χ3n) is 2.45. The number of nitrogens with one attached hydrogen (secondary N) is 1. The largest absolute Gasteiger partial charge is 0.496 e. The molecule has 19 heavy (non-hydrogen) atoms. The molecule has 0 unspecified atom stereocenters. The van der Waals surface area contributed by atoms with Gasteiger partial charge in [-0.3, -0.25) is 4.79 Å². The summed E-state index contributed by atoms with van der Waals surface area (Å²) < 4.78 is 10.5. The van der Waals surface area contributed by atoms with E-state index in [0.717, 1.165) is 0 Å². The summed E-state index contributed by atoms with van der Waals surface area (Å²) in [6, 6.07) is 4.95. The van der Waals surface area contributed by atoms with E-state index in [2.05, 4.69) is 19.2 Å². The summed E-state index contributed by atoms with van der Waals surface area (Å²) in [6.07, 6.45) is 0. The van der Waals surface area contributed by atoms with Crippen LogP contribution in [0.1, 0.15) is 24.2 Å². The van der Waals surface area contributed by atoms with Gasteiger partial charge in [-0.2, -0.15) is 0 Å². The van der Waals surface area contributed by atoms with Gasteiger partial charge in [0.05, 0.1) is 19.3 Å². The lowest BCUT2D eigenvalue weighted by molar-refractivity contribution is 0.0884. The Labute approximate surface area is 114 Å². The molecule has 0 aliphatic rings. The molecule has 0 spiro atoms. The van der Waals surface area contributed by atoms with Gasteiger partial charge >= 0.3 is 0 Å². The van der Waals surface area contributed by atoms with Crippen molar-refractivity contribution in [3.05, 3.63) is 23.8 Å². The lowest BCUT2D eigenvalue weighted by Crippen LogP contribution is -2.28. The Hall–Kier alpha value is -1.75. The number of nitrogen functional groups attached to an aromatic ring is 1.